The average Bonchev–Trinajstić information content (AvgIpc) is 2.43. The molecule has 0 aliphatic rings. The molecule has 0 bridgehead atoms. The molecule has 3 N–H and O–H groups in total. The van der Waals surface area contributed by atoms with Gasteiger partial charge in [0.15, 0.2) is 0 Å². The maximum atomic E-state index is 13.9. The van der Waals surface area contributed by atoms with Crippen LogP contribution in [0.2, 0.25) is 0 Å². The summed E-state index contributed by atoms with van der Waals surface area (Å²) in [6.45, 7) is 2.19. The van der Waals surface area contributed by atoms with Crippen LogP contribution in [0.1, 0.15) is 69.9 Å². The molecule has 1 atom stereocenters. The molecule has 0 aliphatic carbocycles. The van der Waals surface area contributed by atoms with E-state index in [0.29, 0.717) is 10.9 Å². The van der Waals surface area contributed by atoms with Crippen LogP contribution in [-0.4, -0.2) is 0 Å². The SMILES string of the molecule is CCCCCCCCCC(NN)c1c(F)cc(Br)cc1F. The summed E-state index contributed by atoms with van der Waals surface area (Å²) in [6.07, 6.45) is 8.81. The van der Waals surface area contributed by atoms with Gasteiger partial charge in [-0.2, -0.15) is 0 Å². The third-order valence-corrected chi connectivity index (χ3v) is 4.15. The Morgan fingerprint density at radius 3 is 2.10 bits per heavy atom. The molecule has 0 saturated carbocycles. The third-order valence-electron chi connectivity index (χ3n) is 3.69. The van der Waals surface area contributed by atoms with Gasteiger partial charge in [-0.05, 0) is 18.6 Å². The molecule has 0 spiro atoms. The number of hydrogen-bond donors (Lipinski definition) is 2. The van der Waals surface area contributed by atoms with Gasteiger partial charge in [0.25, 0.3) is 0 Å². The Kier molecular flexibility index (Phi) is 9.04. The lowest BCUT2D eigenvalue weighted by atomic mass is 9.99. The van der Waals surface area contributed by atoms with E-state index in [9.17, 15) is 8.78 Å². The van der Waals surface area contributed by atoms with Crippen molar-refractivity contribution in [2.45, 2.75) is 64.3 Å². The van der Waals surface area contributed by atoms with Crippen molar-refractivity contribution >= 4 is 15.9 Å². The number of hydrazine groups is 1. The standard InChI is InChI=1S/C16H25BrF2N2/c1-2-3-4-5-6-7-8-9-15(21-20)16-13(18)10-12(17)11-14(16)19/h10-11,15,21H,2-9,20H2,1H3. The van der Waals surface area contributed by atoms with Gasteiger partial charge in [0.2, 0.25) is 0 Å². The topological polar surface area (TPSA) is 38.0 Å². The van der Waals surface area contributed by atoms with Gasteiger partial charge in [0, 0.05) is 10.0 Å². The number of unbranched alkanes of at least 4 members (excludes halogenated alkanes) is 6. The number of halogens is 3. The van der Waals surface area contributed by atoms with Crippen LogP contribution < -0.4 is 11.3 Å². The molecule has 1 rings (SSSR count). The Morgan fingerprint density at radius 1 is 1.05 bits per heavy atom. The summed E-state index contributed by atoms with van der Waals surface area (Å²) in [6, 6.07) is 2.06. The molecule has 0 saturated heterocycles. The molecule has 1 aromatic rings. The van der Waals surface area contributed by atoms with Crippen LogP contribution >= 0.6 is 15.9 Å². The molecule has 21 heavy (non-hydrogen) atoms. The van der Waals surface area contributed by atoms with E-state index in [0.717, 1.165) is 12.8 Å². The molecule has 0 aromatic heterocycles. The van der Waals surface area contributed by atoms with E-state index in [1.165, 1.54) is 44.2 Å². The Balaban J connectivity index is 2.45. The van der Waals surface area contributed by atoms with Gasteiger partial charge >= 0.3 is 0 Å². The zero-order valence-electron chi connectivity index (χ0n) is 12.6. The first-order valence-electron chi connectivity index (χ1n) is 7.70. The zero-order chi connectivity index (χ0) is 15.7. The fraction of sp³-hybridized carbons (Fsp3) is 0.625. The predicted molar refractivity (Wildman–Crippen MR) is 86.7 cm³/mol. The zero-order valence-corrected chi connectivity index (χ0v) is 14.2. The van der Waals surface area contributed by atoms with Gasteiger partial charge in [-0.25, -0.2) is 8.78 Å². The molecule has 0 heterocycles. The van der Waals surface area contributed by atoms with Crippen molar-refractivity contribution in [3.8, 4) is 0 Å². The minimum atomic E-state index is -0.562. The first-order valence-corrected chi connectivity index (χ1v) is 8.50. The highest BCUT2D eigenvalue weighted by molar-refractivity contribution is 9.10. The minimum absolute atomic E-state index is 0.0340. The third kappa shape index (κ3) is 6.41. The first-order chi connectivity index (χ1) is 10.1. The van der Waals surface area contributed by atoms with E-state index in [4.69, 9.17) is 5.84 Å². The molecule has 0 aliphatic heterocycles. The Morgan fingerprint density at radius 2 is 1.57 bits per heavy atom. The monoisotopic (exact) mass is 362 g/mol. The van der Waals surface area contributed by atoms with Gasteiger partial charge < -0.3 is 0 Å². The highest BCUT2D eigenvalue weighted by atomic mass is 79.9. The van der Waals surface area contributed by atoms with Crippen LogP contribution in [0.3, 0.4) is 0 Å². The molecule has 0 fully saturated rings. The molecular weight excluding hydrogens is 338 g/mol. The second-order valence-corrected chi connectivity index (χ2v) is 6.33. The van der Waals surface area contributed by atoms with E-state index in [2.05, 4.69) is 28.3 Å². The molecule has 0 radical (unpaired) electrons. The van der Waals surface area contributed by atoms with E-state index >= 15 is 0 Å². The lowest BCUT2D eigenvalue weighted by Gasteiger charge is -2.18. The van der Waals surface area contributed by atoms with Gasteiger partial charge in [-0.3, -0.25) is 11.3 Å². The summed E-state index contributed by atoms with van der Waals surface area (Å²) >= 11 is 3.08. The maximum absolute atomic E-state index is 13.9. The van der Waals surface area contributed by atoms with Crippen LogP contribution in [-0.2, 0) is 0 Å². The second kappa shape index (κ2) is 10.2. The normalized spacial score (nSPS) is 12.6. The van der Waals surface area contributed by atoms with Gasteiger partial charge in [0.1, 0.15) is 11.6 Å². The number of nitrogens with one attached hydrogen (secondary N) is 1. The van der Waals surface area contributed by atoms with Crippen LogP contribution in [0.4, 0.5) is 8.78 Å². The highest BCUT2D eigenvalue weighted by Gasteiger charge is 2.19. The predicted octanol–water partition coefficient (Wildman–Crippen LogP) is 5.37. The number of hydrogen-bond acceptors (Lipinski definition) is 2. The largest absolute Gasteiger partial charge is 0.271 e. The molecule has 1 aromatic carbocycles. The van der Waals surface area contributed by atoms with Crippen molar-refractivity contribution in [2.24, 2.45) is 5.84 Å². The molecule has 0 amide bonds. The fourth-order valence-corrected chi connectivity index (χ4v) is 2.90. The van der Waals surface area contributed by atoms with E-state index in [-0.39, 0.29) is 5.56 Å². The number of rotatable bonds is 10. The van der Waals surface area contributed by atoms with Crippen LogP contribution in [0.15, 0.2) is 16.6 Å². The summed E-state index contributed by atoms with van der Waals surface area (Å²) in [5, 5.41) is 0. The fourth-order valence-electron chi connectivity index (χ4n) is 2.50. The van der Waals surface area contributed by atoms with Crippen molar-refractivity contribution in [3.05, 3.63) is 33.8 Å². The van der Waals surface area contributed by atoms with Crippen molar-refractivity contribution in [3.63, 3.8) is 0 Å². The van der Waals surface area contributed by atoms with Crippen molar-refractivity contribution in [1.82, 2.24) is 5.43 Å². The summed E-state index contributed by atoms with van der Waals surface area (Å²) in [4.78, 5) is 0. The lowest BCUT2D eigenvalue weighted by molar-refractivity contribution is 0.434. The molecule has 120 valence electrons. The van der Waals surface area contributed by atoms with E-state index < -0.39 is 17.7 Å². The van der Waals surface area contributed by atoms with Crippen LogP contribution in [0, 0.1) is 11.6 Å². The molecular formula is C16H25BrF2N2. The van der Waals surface area contributed by atoms with Crippen molar-refractivity contribution < 1.29 is 8.78 Å². The van der Waals surface area contributed by atoms with Crippen LogP contribution in [0.5, 0.6) is 0 Å². The summed E-state index contributed by atoms with van der Waals surface area (Å²) < 4.78 is 28.2. The van der Waals surface area contributed by atoms with Crippen molar-refractivity contribution in [1.29, 1.82) is 0 Å². The molecule has 5 heteroatoms. The quantitative estimate of drug-likeness (QED) is 0.333. The average molecular weight is 363 g/mol. The number of nitrogens with two attached hydrogens (primary N) is 1. The van der Waals surface area contributed by atoms with Gasteiger partial charge in [0.05, 0.1) is 6.04 Å². The van der Waals surface area contributed by atoms with Crippen molar-refractivity contribution in [2.75, 3.05) is 0 Å². The van der Waals surface area contributed by atoms with Gasteiger partial charge in [-0.1, -0.05) is 67.8 Å². The smallest absolute Gasteiger partial charge is 0.132 e. The Labute approximate surface area is 134 Å². The van der Waals surface area contributed by atoms with E-state index in [1.54, 1.807) is 0 Å². The maximum Gasteiger partial charge on any atom is 0.132 e. The summed E-state index contributed by atoms with van der Waals surface area (Å²) in [5.41, 5.74) is 2.57. The second-order valence-electron chi connectivity index (χ2n) is 5.41. The Bertz CT molecular complexity index is 404. The first kappa shape index (κ1) is 18.5. The summed E-state index contributed by atoms with van der Waals surface area (Å²) in [5.74, 6) is 4.34. The van der Waals surface area contributed by atoms with Gasteiger partial charge in [-0.15, -0.1) is 0 Å². The van der Waals surface area contributed by atoms with Crippen LogP contribution in [0.25, 0.3) is 0 Å². The summed E-state index contributed by atoms with van der Waals surface area (Å²) in [7, 11) is 0. The lowest BCUT2D eigenvalue weighted by Crippen LogP contribution is -2.29. The Hall–Kier alpha value is -0.520. The minimum Gasteiger partial charge on any atom is -0.271 e. The van der Waals surface area contributed by atoms with E-state index in [1.807, 2.05) is 0 Å². The highest BCUT2D eigenvalue weighted by Crippen LogP contribution is 2.27. The molecule has 1 unspecified atom stereocenters. The molecule has 2 nitrogen and oxygen atoms in total. The number of benzene rings is 1.